The van der Waals surface area contributed by atoms with Crippen LogP contribution in [0.5, 0.6) is 0 Å². The first kappa shape index (κ1) is 22.6. The maximum absolute atomic E-state index is 12.4. The number of ether oxygens (including phenoxy) is 1. The number of nitrogens with one attached hydrogen (secondary N) is 2. The van der Waals surface area contributed by atoms with Gasteiger partial charge in [0, 0.05) is 52.2 Å². The van der Waals surface area contributed by atoms with Gasteiger partial charge in [0.15, 0.2) is 5.96 Å². The molecule has 1 aromatic carbocycles. The number of fused-ring (bicyclic) bond motifs is 1. The third-order valence-electron chi connectivity index (χ3n) is 6.48. The number of aromatic nitrogens is 3. The number of nitrogens with zero attached hydrogens (tertiary/aromatic N) is 4. The van der Waals surface area contributed by atoms with Crippen LogP contribution in [0.25, 0.3) is 0 Å². The van der Waals surface area contributed by atoms with Crippen molar-refractivity contribution in [3.63, 3.8) is 0 Å². The van der Waals surface area contributed by atoms with Crippen LogP contribution in [0.4, 0.5) is 0 Å². The monoisotopic (exact) mass is 440 g/mol. The van der Waals surface area contributed by atoms with E-state index in [4.69, 9.17) is 4.74 Å². The number of hydrogen-bond donors (Lipinski definition) is 2. The summed E-state index contributed by atoms with van der Waals surface area (Å²) in [6, 6.07) is 8.67. The molecule has 2 atom stereocenters. The maximum atomic E-state index is 12.4. The minimum atomic E-state index is 0.0293. The van der Waals surface area contributed by atoms with Gasteiger partial charge in [0.05, 0.1) is 6.10 Å². The van der Waals surface area contributed by atoms with Crippen molar-refractivity contribution in [2.24, 2.45) is 10.9 Å². The highest BCUT2D eigenvalue weighted by atomic mass is 16.5. The first-order chi connectivity index (χ1) is 15.7. The van der Waals surface area contributed by atoms with Crippen molar-refractivity contribution in [3.05, 3.63) is 51.7 Å². The molecule has 1 saturated heterocycles. The number of hydrogen-bond acceptors (Lipinski definition) is 4. The van der Waals surface area contributed by atoms with Crippen LogP contribution < -0.4 is 16.3 Å². The molecule has 2 unspecified atom stereocenters. The Bertz CT molecular complexity index is 962. The highest BCUT2D eigenvalue weighted by Gasteiger charge is 2.27. The number of benzene rings is 1. The molecule has 1 aromatic heterocycles. The second-order valence-corrected chi connectivity index (χ2v) is 8.87. The molecular formula is C24H36N6O2. The van der Waals surface area contributed by atoms with Crippen LogP contribution in [0.15, 0.2) is 34.1 Å². The Morgan fingerprint density at radius 3 is 2.84 bits per heavy atom. The van der Waals surface area contributed by atoms with E-state index in [0.29, 0.717) is 12.5 Å². The molecule has 0 saturated carbocycles. The van der Waals surface area contributed by atoms with E-state index in [9.17, 15) is 4.79 Å². The van der Waals surface area contributed by atoms with Gasteiger partial charge in [-0.05, 0) is 44.6 Å². The Balaban J connectivity index is 1.24. The summed E-state index contributed by atoms with van der Waals surface area (Å²) >= 11 is 0. The van der Waals surface area contributed by atoms with Crippen LogP contribution >= 0.6 is 0 Å². The first-order valence-corrected chi connectivity index (χ1v) is 11.9. The van der Waals surface area contributed by atoms with Gasteiger partial charge in [0.2, 0.25) is 0 Å². The average molecular weight is 441 g/mol. The van der Waals surface area contributed by atoms with Crippen molar-refractivity contribution in [2.45, 2.75) is 64.6 Å². The van der Waals surface area contributed by atoms with Gasteiger partial charge in [-0.2, -0.15) is 5.10 Å². The lowest BCUT2D eigenvalue weighted by molar-refractivity contribution is -0.0265. The molecule has 174 valence electrons. The summed E-state index contributed by atoms with van der Waals surface area (Å²) in [4.78, 5) is 16.8. The van der Waals surface area contributed by atoms with Gasteiger partial charge in [-0.25, -0.2) is 9.48 Å². The number of aryl methyl sites for hydroxylation is 3. The molecule has 0 amide bonds. The van der Waals surface area contributed by atoms with Gasteiger partial charge in [-0.15, -0.1) is 0 Å². The molecule has 3 heterocycles. The molecule has 0 aliphatic carbocycles. The Morgan fingerprint density at radius 2 is 2.06 bits per heavy atom. The van der Waals surface area contributed by atoms with Crippen LogP contribution in [0.1, 0.15) is 55.2 Å². The standard InChI is InChI=1S/C24H36N6O2/c1-18-9-11-19(12-10-18)22-20(7-5-16-32-22)17-27-23(25-2)26-13-6-15-30-24(31)29-14-4-3-8-21(29)28-30/h9-12,20,22H,3-8,13-17H2,1-2H3,(H2,25,26,27). The lowest BCUT2D eigenvalue weighted by Crippen LogP contribution is -2.42. The highest BCUT2D eigenvalue weighted by molar-refractivity contribution is 5.79. The van der Waals surface area contributed by atoms with E-state index in [1.165, 1.54) is 11.1 Å². The highest BCUT2D eigenvalue weighted by Crippen LogP contribution is 2.33. The molecule has 8 heteroatoms. The Kier molecular flexibility index (Phi) is 7.63. The predicted octanol–water partition coefficient (Wildman–Crippen LogP) is 2.41. The largest absolute Gasteiger partial charge is 0.373 e. The summed E-state index contributed by atoms with van der Waals surface area (Å²) in [6.07, 6.45) is 6.26. The second kappa shape index (κ2) is 10.8. The molecule has 8 nitrogen and oxygen atoms in total. The Morgan fingerprint density at radius 1 is 1.22 bits per heavy atom. The van der Waals surface area contributed by atoms with E-state index in [1.807, 2.05) is 4.57 Å². The SMILES string of the molecule is CN=C(NCCCn1nc2n(c1=O)CCCC2)NCC1CCCOC1c1ccc(C)cc1. The summed E-state index contributed by atoms with van der Waals surface area (Å²) in [5.74, 6) is 2.12. The molecule has 0 spiro atoms. The first-order valence-electron chi connectivity index (χ1n) is 11.9. The fourth-order valence-corrected chi connectivity index (χ4v) is 4.66. The topological polar surface area (TPSA) is 85.5 Å². The number of aliphatic imine (C=N–C) groups is 1. The normalized spacial score (nSPS) is 21.2. The number of guanidine groups is 1. The molecule has 4 rings (SSSR count). The number of rotatable bonds is 7. The zero-order valence-corrected chi connectivity index (χ0v) is 19.3. The molecule has 0 radical (unpaired) electrons. The fraction of sp³-hybridized carbons (Fsp3) is 0.625. The van der Waals surface area contributed by atoms with Crippen molar-refractivity contribution >= 4 is 5.96 Å². The molecular weight excluding hydrogens is 404 g/mol. The second-order valence-electron chi connectivity index (χ2n) is 8.87. The van der Waals surface area contributed by atoms with E-state index < -0.39 is 0 Å². The van der Waals surface area contributed by atoms with Crippen molar-refractivity contribution in [1.29, 1.82) is 0 Å². The molecule has 1 fully saturated rings. The minimum Gasteiger partial charge on any atom is -0.373 e. The van der Waals surface area contributed by atoms with Gasteiger partial charge in [0.25, 0.3) is 0 Å². The fourth-order valence-electron chi connectivity index (χ4n) is 4.66. The van der Waals surface area contributed by atoms with E-state index in [0.717, 1.165) is 76.6 Å². The molecule has 2 aliphatic rings. The third kappa shape index (κ3) is 5.41. The van der Waals surface area contributed by atoms with Gasteiger partial charge < -0.3 is 15.4 Å². The molecule has 2 aromatic rings. The van der Waals surface area contributed by atoms with Crippen LogP contribution in [0.2, 0.25) is 0 Å². The predicted molar refractivity (Wildman–Crippen MR) is 126 cm³/mol. The smallest absolute Gasteiger partial charge is 0.345 e. The van der Waals surface area contributed by atoms with E-state index >= 15 is 0 Å². The van der Waals surface area contributed by atoms with Crippen LogP contribution in [0.3, 0.4) is 0 Å². The molecule has 2 N–H and O–H groups in total. The third-order valence-corrected chi connectivity index (χ3v) is 6.48. The van der Waals surface area contributed by atoms with Crippen LogP contribution in [-0.2, 0) is 24.2 Å². The van der Waals surface area contributed by atoms with Gasteiger partial charge in [0.1, 0.15) is 5.82 Å². The van der Waals surface area contributed by atoms with Crippen molar-refractivity contribution < 1.29 is 4.74 Å². The zero-order chi connectivity index (χ0) is 22.3. The lowest BCUT2D eigenvalue weighted by Gasteiger charge is -2.32. The zero-order valence-electron chi connectivity index (χ0n) is 19.3. The van der Waals surface area contributed by atoms with Crippen molar-refractivity contribution in [2.75, 3.05) is 26.7 Å². The van der Waals surface area contributed by atoms with E-state index in [2.05, 4.69) is 51.9 Å². The van der Waals surface area contributed by atoms with Gasteiger partial charge >= 0.3 is 5.69 Å². The lowest BCUT2D eigenvalue weighted by atomic mass is 9.89. The van der Waals surface area contributed by atoms with E-state index in [-0.39, 0.29) is 11.8 Å². The maximum Gasteiger partial charge on any atom is 0.345 e. The van der Waals surface area contributed by atoms with Crippen LogP contribution in [0, 0.1) is 12.8 Å². The molecule has 0 bridgehead atoms. The molecule has 2 aliphatic heterocycles. The minimum absolute atomic E-state index is 0.0293. The van der Waals surface area contributed by atoms with E-state index in [1.54, 1.807) is 11.7 Å². The Hall–Kier alpha value is -2.61. The summed E-state index contributed by atoms with van der Waals surface area (Å²) < 4.78 is 9.58. The Labute approximate surface area is 190 Å². The summed E-state index contributed by atoms with van der Waals surface area (Å²) in [7, 11) is 1.79. The van der Waals surface area contributed by atoms with Crippen molar-refractivity contribution in [1.82, 2.24) is 25.0 Å². The summed E-state index contributed by atoms with van der Waals surface area (Å²) in [5, 5.41) is 11.3. The van der Waals surface area contributed by atoms with Gasteiger partial charge in [-0.3, -0.25) is 9.56 Å². The summed E-state index contributed by atoms with van der Waals surface area (Å²) in [6.45, 7) is 5.89. The van der Waals surface area contributed by atoms with Gasteiger partial charge in [-0.1, -0.05) is 29.8 Å². The quantitative estimate of drug-likeness (QED) is 0.392. The summed E-state index contributed by atoms with van der Waals surface area (Å²) in [5.41, 5.74) is 2.54. The average Bonchev–Trinajstić information content (AvgIpc) is 3.15. The molecule has 32 heavy (non-hydrogen) atoms. The van der Waals surface area contributed by atoms with Crippen LogP contribution in [-0.4, -0.2) is 47.1 Å². The van der Waals surface area contributed by atoms with Crippen molar-refractivity contribution in [3.8, 4) is 0 Å².